The maximum atomic E-state index is 12.5. The molecule has 3 N–H and O–H groups in total. The lowest BCUT2D eigenvalue weighted by molar-refractivity contribution is -0.0256. The number of aliphatic hydroxyl groups is 2. The Hall–Kier alpha value is -1.59. The summed E-state index contributed by atoms with van der Waals surface area (Å²) >= 11 is 0. The first kappa shape index (κ1) is 15.8. The van der Waals surface area contributed by atoms with Crippen LogP contribution in [-0.2, 0) is 0 Å². The third kappa shape index (κ3) is 3.36. The SMILES string of the molecule is Cc1ccc(C(=O)N(C)[C@@H]2CCCC[C@@H](O)[C@@H]2O)c(O)c1. The van der Waals surface area contributed by atoms with Gasteiger partial charge in [0, 0.05) is 7.05 Å². The Balaban J connectivity index is 2.21. The molecular formula is C16H23NO4. The molecule has 1 saturated carbocycles. The van der Waals surface area contributed by atoms with Crippen molar-refractivity contribution in [2.24, 2.45) is 0 Å². The second kappa shape index (κ2) is 6.45. The van der Waals surface area contributed by atoms with Crippen LogP contribution >= 0.6 is 0 Å². The number of hydrogen-bond acceptors (Lipinski definition) is 4. The summed E-state index contributed by atoms with van der Waals surface area (Å²) in [4.78, 5) is 13.9. The van der Waals surface area contributed by atoms with Crippen LogP contribution in [0.15, 0.2) is 18.2 Å². The summed E-state index contributed by atoms with van der Waals surface area (Å²) in [6, 6.07) is 4.46. The Morgan fingerprint density at radius 3 is 2.57 bits per heavy atom. The summed E-state index contributed by atoms with van der Waals surface area (Å²) in [7, 11) is 1.60. The van der Waals surface area contributed by atoms with Crippen LogP contribution in [0.5, 0.6) is 5.75 Å². The van der Waals surface area contributed by atoms with Crippen molar-refractivity contribution >= 4 is 5.91 Å². The normalized spacial score (nSPS) is 26.2. The predicted molar refractivity (Wildman–Crippen MR) is 79.2 cm³/mol. The van der Waals surface area contributed by atoms with Gasteiger partial charge in [-0.25, -0.2) is 0 Å². The van der Waals surface area contributed by atoms with Gasteiger partial charge in [-0.05, 0) is 37.5 Å². The summed E-state index contributed by atoms with van der Waals surface area (Å²) in [5.41, 5.74) is 1.09. The van der Waals surface area contributed by atoms with Crippen molar-refractivity contribution in [2.75, 3.05) is 7.05 Å². The van der Waals surface area contributed by atoms with E-state index in [2.05, 4.69) is 0 Å². The maximum absolute atomic E-state index is 12.5. The molecule has 1 fully saturated rings. The average molecular weight is 293 g/mol. The second-order valence-corrected chi connectivity index (χ2v) is 5.85. The summed E-state index contributed by atoms with van der Waals surface area (Å²) in [6.07, 6.45) is 1.14. The van der Waals surface area contributed by atoms with E-state index in [1.165, 1.54) is 4.90 Å². The van der Waals surface area contributed by atoms with E-state index in [-0.39, 0.29) is 17.2 Å². The first-order valence-corrected chi connectivity index (χ1v) is 7.34. The Morgan fingerprint density at radius 2 is 1.90 bits per heavy atom. The Labute approximate surface area is 124 Å². The number of benzene rings is 1. The summed E-state index contributed by atoms with van der Waals surface area (Å²) in [6.45, 7) is 1.84. The highest BCUT2D eigenvalue weighted by atomic mass is 16.3. The number of phenolic OH excluding ortho intramolecular Hbond substituents is 1. The van der Waals surface area contributed by atoms with Crippen LogP contribution in [0.2, 0.25) is 0 Å². The Morgan fingerprint density at radius 1 is 1.24 bits per heavy atom. The number of phenols is 1. The highest BCUT2D eigenvalue weighted by Crippen LogP contribution is 2.26. The molecule has 0 spiro atoms. The highest BCUT2D eigenvalue weighted by Gasteiger charge is 2.34. The predicted octanol–water partition coefficient (Wildman–Crippen LogP) is 1.44. The van der Waals surface area contributed by atoms with Crippen LogP contribution in [0.25, 0.3) is 0 Å². The maximum Gasteiger partial charge on any atom is 0.257 e. The van der Waals surface area contributed by atoms with Gasteiger partial charge in [0.1, 0.15) is 11.9 Å². The molecule has 0 heterocycles. The van der Waals surface area contributed by atoms with Crippen LogP contribution < -0.4 is 0 Å². The van der Waals surface area contributed by atoms with Crippen molar-refractivity contribution < 1.29 is 20.1 Å². The molecule has 0 bridgehead atoms. The van der Waals surface area contributed by atoms with E-state index in [4.69, 9.17) is 0 Å². The molecule has 0 radical (unpaired) electrons. The number of amides is 1. The van der Waals surface area contributed by atoms with Crippen LogP contribution in [0.1, 0.15) is 41.6 Å². The molecule has 5 nitrogen and oxygen atoms in total. The van der Waals surface area contributed by atoms with E-state index >= 15 is 0 Å². The fraction of sp³-hybridized carbons (Fsp3) is 0.562. The number of aromatic hydroxyl groups is 1. The van der Waals surface area contributed by atoms with Gasteiger partial charge in [0.2, 0.25) is 0 Å². The molecule has 0 unspecified atom stereocenters. The van der Waals surface area contributed by atoms with Crippen molar-refractivity contribution in [3.63, 3.8) is 0 Å². The molecule has 1 aliphatic carbocycles. The van der Waals surface area contributed by atoms with E-state index in [9.17, 15) is 20.1 Å². The van der Waals surface area contributed by atoms with E-state index in [0.717, 1.165) is 18.4 Å². The van der Waals surface area contributed by atoms with Crippen molar-refractivity contribution in [1.82, 2.24) is 4.90 Å². The third-order valence-corrected chi connectivity index (χ3v) is 4.24. The Bertz CT molecular complexity index is 517. The molecule has 0 aromatic heterocycles. The number of carbonyl (C=O) groups is 1. The standard InChI is InChI=1S/C16H23NO4/c1-10-7-8-11(14(19)9-10)16(21)17(2)12-5-3-4-6-13(18)15(12)20/h7-9,12-13,15,18-20H,3-6H2,1-2H3/t12-,13-,15-/m1/s1. The largest absolute Gasteiger partial charge is 0.507 e. The summed E-state index contributed by atoms with van der Waals surface area (Å²) < 4.78 is 0. The lowest BCUT2D eigenvalue weighted by atomic mass is 10.0. The van der Waals surface area contributed by atoms with Crippen molar-refractivity contribution in [1.29, 1.82) is 0 Å². The van der Waals surface area contributed by atoms with Gasteiger partial charge in [0.25, 0.3) is 5.91 Å². The second-order valence-electron chi connectivity index (χ2n) is 5.85. The summed E-state index contributed by atoms with van der Waals surface area (Å²) in [5, 5.41) is 30.0. The molecule has 2 rings (SSSR count). The van der Waals surface area contributed by atoms with Crippen molar-refractivity contribution in [2.45, 2.75) is 50.9 Å². The fourth-order valence-electron chi connectivity index (χ4n) is 2.89. The van der Waals surface area contributed by atoms with Gasteiger partial charge in [-0.15, -0.1) is 0 Å². The zero-order valence-electron chi connectivity index (χ0n) is 12.5. The molecule has 0 saturated heterocycles. The van der Waals surface area contributed by atoms with E-state index in [1.807, 2.05) is 6.92 Å². The molecule has 0 aliphatic heterocycles. The lowest BCUT2D eigenvalue weighted by Crippen LogP contribution is -2.48. The zero-order chi connectivity index (χ0) is 15.6. The van der Waals surface area contributed by atoms with Gasteiger partial charge in [0.05, 0.1) is 17.7 Å². The van der Waals surface area contributed by atoms with Gasteiger partial charge in [-0.2, -0.15) is 0 Å². The van der Waals surface area contributed by atoms with E-state index < -0.39 is 18.2 Å². The van der Waals surface area contributed by atoms with Crippen LogP contribution in [-0.4, -0.2) is 51.4 Å². The van der Waals surface area contributed by atoms with Gasteiger partial charge in [-0.1, -0.05) is 18.9 Å². The van der Waals surface area contributed by atoms with Gasteiger partial charge >= 0.3 is 0 Å². The van der Waals surface area contributed by atoms with Gasteiger partial charge < -0.3 is 20.2 Å². The molecular weight excluding hydrogens is 270 g/mol. The number of likely N-dealkylation sites (N-methyl/N-ethyl adjacent to an activating group) is 1. The minimum Gasteiger partial charge on any atom is -0.507 e. The van der Waals surface area contributed by atoms with Gasteiger partial charge in [-0.3, -0.25) is 4.79 Å². The highest BCUT2D eigenvalue weighted by molar-refractivity contribution is 5.97. The first-order chi connectivity index (χ1) is 9.91. The first-order valence-electron chi connectivity index (χ1n) is 7.34. The smallest absolute Gasteiger partial charge is 0.257 e. The quantitative estimate of drug-likeness (QED) is 0.721. The average Bonchev–Trinajstić information content (AvgIpc) is 2.60. The number of nitrogens with zero attached hydrogens (tertiary/aromatic N) is 1. The van der Waals surface area contributed by atoms with Crippen molar-refractivity contribution in [3.8, 4) is 5.75 Å². The number of rotatable bonds is 2. The number of aryl methyl sites for hydroxylation is 1. The van der Waals surface area contributed by atoms with Crippen LogP contribution in [0, 0.1) is 6.92 Å². The number of aliphatic hydroxyl groups excluding tert-OH is 2. The van der Waals surface area contributed by atoms with Crippen LogP contribution in [0.4, 0.5) is 0 Å². The molecule has 5 heteroatoms. The fourth-order valence-corrected chi connectivity index (χ4v) is 2.89. The number of hydrogen-bond donors (Lipinski definition) is 3. The number of carbonyl (C=O) groups excluding carboxylic acids is 1. The minimum atomic E-state index is -0.950. The molecule has 116 valence electrons. The Kier molecular flexibility index (Phi) is 4.85. The molecule has 3 atom stereocenters. The molecule has 1 aromatic carbocycles. The molecule has 1 amide bonds. The summed E-state index contributed by atoms with van der Waals surface area (Å²) in [5.74, 6) is -0.402. The topological polar surface area (TPSA) is 81.0 Å². The van der Waals surface area contributed by atoms with Crippen molar-refractivity contribution in [3.05, 3.63) is 29.3 Å². The monoisotopic (exact) mass is 293 g/mol. The van der Waals surface area contributed by atoms with E-state index in [0.29, 0.717) is 12.8 Å². The zero-order valence-corrected chi connectivity index (χ0v) is 12.5. The van der Waals surface area contributed by atoms with Gasteiger partial charge in [0.15, 0.2) is 0 Å². The lowest BCUT2D eigenvalue weighted by Gasteiger charge is -2.32. The molecule has 1 aromatic rings. The molecule has 1 aliphatic rings. The van der Waals surface area contributed by atoms with E-state index in [1.54, 1.807) is 25.2 Å². The molecule has 21 heavy (non-hydrogen) atoms. The minimum absolute atomic E-state index is 0.0597. The van der Waals surface area contributed by atoms with Crippen LogP contribution in [0.3, 0.4) is 0 Å². The third-order valence-electron chi connectivity index (χ3n) is 4.24.